The van der Waals surface area contributed by atoms with Gasteiger partial charge in [0, 0.05) is 17.1 Å². The van der Waals surface area contributed by atoms with Crippen LogP contribution in [0.5, 0.6) is 0 Å². The Labute approximate surface area is 163 Å². The molecule has 0 aliphatic carbocycles. The Morgan fingerprint density at radius 2 is 1.93 bits per heavy atom. The number of nitrogens with zero attached hydrogens (tertiary/aromatic N) is 4. The average Bonchev–Trinajstić information content (AvgIpc) is 3.01. The summed E-state index contributed by atoms with van der Waals surface area (Å²) in [4.78, 5) is 28.0. The number of esters is 1. The van der Waals surface area contributed by atoms with E-state index in [-0.39, 0.29) is 30.3 Å². The van der Waals surface area contributed by atoms with Crippen molar-refractivity contribution >= 4 is 23.5 Å². The van der Waals surface area contributed by atoms with Crippen LogP contribution in [0.3, 0.4) is 0 Å². The van der Waals surface area contributed by atoms with E-state index in [4.69, 9.17) is 16.3 Å². The summed E-state index contributed by atoms with van der Waals surface area (Å²) in [5.74, 6) is -0.839. The van der Waals surface area contributed by atoms with E-state index in [1.807, 2.05) is 18.7 Å². The Balaban J connectivity index is 1.67. The summed E-state index contributed by atoms with van der Waals surface area (Å²) >= 11 is 5.98. The van der Waals surface area contributed by atoms with Gasteiger partial charge >= 0.3 is 5.97 Å². The van der Waals surface area contributed by atoms with Crippen LogP contribution in [0.1, 0.15) is 49.3 Å². The van der Waals surface area contributed by atoms with Gasteiger partial charge in [-0.1, -0.05) is 17.7 Å². The predicted molar refractivity (Wildman–Crippen MR) is 101 cm³/mol. The maximum Gasteiger partial charge on any atom is 0.361 e. The molecule has 2 heterocycles. The number of carbonyl (C=O) groups is 2. The molecular formula is C19H23ClN4O3. The van der Waals surface area contributed by atoms with Gasteiger partial charge in [0.15, 0.2) is 12.3 Å². The molecule has 0 saturated carbocycles. The number of hydrogen-bond donors (Lipinski definition) is 0. The molecule has 0 N–H and O–H groups in total. The Hall–Kier alpha value is -2.41. The van der Waals surface area contributed by atoms with E-state index in [9.17, 15) is 9.59 Å². The average molecular weight is 391 g/mol. The van der Waals surface area contributed by atoms with Gasteiger partial charge in [0.1, 0.15) is 0 Å². The summed E-state index contributed by atoms with van der Waals surface area (Å²) < 4.78 is 5.22. The van der Waals surface area contributed by atoms with Crippen molar-refractivity contribution in [2.24, 2.45) is 0 Å². The van der Waals surface area contributed by atoms with Crippen molar-refractivity contribution in [3.05, 3.63) is 40.7 Å². The van der Waals surface area contributed by atoms with E-state index >= 15 is 0 Å². The summed E-state index contributed by atoms with van der Waals surface area (Å²) in [6.45, 7) is 5.42. The van der Waals surface area contributed by atoms with Crippen LogP contribution in [0.15, 0.2) is 24.3 Å². The molecule has 144 valence electrons. The fourth-order valence-corrected chi connectivity index (χ4v) is 3.65. The van der Waals surface area contributed by atoms with Crippen molar-refractivity contribution < 1.29 is 14.3 Å². The molecule has 0 bridgehead atoms. The van der Waals surface area contributed by atoms with Crippen molar-refractivity contribution in [3.63, 3.8) is 0 Å². The van der Waals surface area contributed by atoms with Crippen LogP contribution in [0.2, 0.25) is 5.02 Å². The van der Waals surface area contributed by atoms with Crippen LogP contribution < -0.4 is 0 Å². The van der Waals surface area contributed by atoms with Gasteiger partial charge in [0.05, 0.1) is 11.4 Å². The second-order valence-electron chi connectivity index (χ2n) is 6.91. The molecule has 8 heteroatoms. The van der Waals surface area contributed by atoms with Crippen molar-refractivity contribution in [3.8, 4) is 5.69 Å². The molecule has 1 aliphatic rings. The molecule has 2 atom stereocenters. The number of hydrogen-bond acceptors (Lipinski definition) is 5. The van der Waals surface area contributed by atoms with Crippen molar-refractivity contribution in [2.45, 2.75) is 52.1 Å². The Morgan fingerprint density at radius 1 is 1.22 bits per heavy atom. The molecule has 1 aliphatic heterocycles. The number of benzene rings is 1. The lowest BCUT2D eigenvalue weighted by molar-refractivity contribution is -0.140. The zero-order valence-electron chi connectivity index (χ0n) is 15.7. The quantitative estimate of drug-likeness (QED) is 0.749. The van der Waals surface area contributed by atoms with Crippen molar-refractivity contribution in [1.82, 2.24) is 19.9 Å². The molecule has 1 saturated heterocycles. The van der Waals surface area contributed by atoms with Crippen LogP contribution in [0.4, 0.5) is 0 Å². The SMILES string of the molecule is Cc1nn(-c2cccc(Cl)c2)nc1C(=O)OCC(=O)N1[C@H](C)CCC[C@@H]1C. The molecular weight excluding hydrogens is 368 g/mol. The lowest BCUT2D eigenvalue weighted by Gasteiger charge is -2.38. The Morgan fingerprint density at radius 3 is 2.59 bits per heavy atom. The van der Waals surface area contributed by atoms with E-state index in [0.717, 1.165) is 19.3 Å². The fraction of sp³-hybridized carbons (Fsp3) is 0.474. The minimum atomic E-state index is -0.661. The predicted octanol–water partition coefficient (Wildman–Crippen LogP) is 3.18. The monoisotopic (exact) mass is 390 g/mol. The van der Waals surface area contributed by atoms with Gasteiger partial charge in [-0.3, -0.25) is 4.79 Å². The second kappa shape index (κ2) is 8.08. The van der Waals surface area contributed by atoms with Gasteiger partial charge in [-0.15, -0.1) is 5.10 Å². The fourth-order valence-electron chi connectivity index (χ4n) is 3.47. The van der Waals surface area contributed by atoms with Gasteiger partial charge < -0.3 is 9.64 Å². The molecule has 0 radical (unpaired) electrons. The van der Waals surface area contributed by atoms with E-state index in [2.05, 4.69) is 10.2 Å². The Kier molecular flexibility index (Phi) is 5.79. The Bertz CT molecular complexity index is 841. The number of rotatable bonds is 4. The summed E-state index contributed by atoms with van der Waals surface area (Å²) in [6.07, 6.45) is 3.05. The number of aryl methyl sites for hydroxylation is 1. The number of likely N-dealkylation sites (tertiary alicyclic amines) is 1. The summed E-state index contributed by atoms with van der Waals surface area (Å²) in [7, 11) is 0. The van der Waals surface area contributed by atoms with E-state index in [1.54, 1.807) is 31.2 Å². The number of carbonyl (C=O) groups excluding carboxylic acids is 2. The highest BCUT2D eigenvalue weighted by molar-refractivity contribution is 6.30. The van der Waals surface area contributed by atoms with Gasteiger partial charge in [-0.05, 0) is 58.2 Å². The molecule has 0 unspecified atom stereocenters. The maximum atomic E-state index is 12.5. The standard InChI is InChI=1S/C19H23ClN4O3/c1-12-6-4-7-13(2)23(12)17(25)11-27-19(26)18-14(3)21-24(22-18)16-9-5-8-15(20)10-16/h5,8-10,12-13H,4,6-7,11H2,1-3H3/t12-,13+. The van der Waals surface area contributed by atoms with E-state index < -0.39 is 5.97 Å². The third-order valence-corrected chi connectivity index (χ3v) is 5.06. The zero-order chi connectivity index (χ0) is 19.6. The first-order valence-electron chi connectivity index (χ1n) is 9.05. The molecule has 2 aromatic rings. The van der Waals surface area contributed by atoms with Crippen LogP contribution in [0.25, 0.3) is 5.69 Å². The van der Waals surface area contributed by atoms with Gasteiger partial charge in [0.2, 0.25) is 0 Å². The lowest BCUT2D eigenvalue weighted by Crippen LogP contribution is -2.49. The van der Waals surface area contributed by atoms with Gasteiger partial charge in [0.25, 0.3) is 5.91 Å². The minimum absolute atomic E-state index is 0.0857. The molecule has 0 spiro atoms. The minimum Gasteiger partial charge on any atom is -0.451 e. The smallest absolute Gasteiger partial charge is 0.361 e. The highest BCUT2D eigenvalue weighted by atomic mass is 35.5. The van der Waals surface area contributed by atoms with Crippen LogP contribution in [-0.2, 0) is 9.53 Å². The zero-order valence-corrected chi connectivity index (χ0v) is 16.4. The molecule has 1 aromatic carbocycles. The molecule has 7 nitrogen and oxygen atoms in total. The normalized spacial score (nSPS) is 19.8. The van der Waals surface area contributed by atoms with E-state index in [0.29, 0.717) is 16.4 Å². The maximum absolute atomic E-state index is 12.5. The molecule has 1 amide bonds. The van der Waals surface area contributed by atoms with E-state index in [1.165, 1.54) is 4.80 Å². The number of piperidine rings is 1. The third kappa shape index (κ3) is 4.30. The lowest BCUT2D eigenvalue weighted by atomic mass is 9.97. The summed E-state index contributed by atoms with van der Waals surface area (Å²) in [5, 5.41) is 8.97. The van der Waals surface area contributed by atoms with Crippen LogP contribution in [0, 0.1) is 6.92 Å². The number of aromatic nitrogens is 3. The molecule has 1 aromatic heterocycles. The van der Waals surface area contributed by atoms with Gasteiger partial charge in [-0.2, -0.15) is 9.90 Å². The number of amides is 1. The first kappa shape index (κ1) is 19.4. The summed E-state index contributed by atoms with van der Waals surface area (Å²) in [5.41, 5.74) is 1.14. The topological polar surface area (TPSA) is 77.3 Å². The largest absolute Gasteiger partial charge is 0.451 e. The highest BCUT2D eigenvalue weighted by Crippen LogP contribution is 2.22. The van der Waals surface area contributed by atoms with Crippen LogP contribution >= 0.6 is 11.6 Å². The second-order valence-corrected chi connectivity index (χ2v) is 7.35. The van der Waals surface area contributed by atoms with Crippen molar-refractivity contribution in [1.29, 1.82) is 0 Å². The van der Waals surface area contributed by atoms with Crippen LogP contribution in [-0.4, -0.2) is 50.5 Å². The molecule has 3 rings (SSSR count). The first-order valence-corrected chi connectivity index (χ1v) is 9.42. The van der Waals surface area contributed by atoms with Gasteiger partial charge in [-0.25, -0.2) is 4.79 Å². The molecule has 27 heavy (non-hydrogen) atoms. The third-order valence-electron chi connectivity index (χ3n) is 4.82. The summed E-state index contributed by atoms with van der Waals surface area (Å²) in [6, 6.07) is 7.30. The first-order chi connectivity index (χ1) is 12.9. The number of ether oxygens (including phenoxy) is 1. The highest BCUT2D eigenvalue weighted by Gasteiger charge is 2.30. The van der Waals surface area contributed by atoms with Crippen molar-refractivity contribution in [2.75, 3.05) is 6.61 Å². The number of halogens is 1. The molecule has 1 fully saturated rings.